The fraction of sp³-hybridized carbons (Fsp3) is 0. The first-order valence-electron chi connectivity index (χ1n) is 5.31. The standard InChI is InChI=1S/C13H8Cl2N2O/c14-8-2-3-10(15)9(6-8)7-1-4-11-12(5-7)17-13(18)16-11/h1-6H,(H2,16,17,18). The monoisotopic (exact) mass is 278 g/mol. The molecule has 0 saturated carbocycles. The van der Waals surface area contributed by atoms with Crippen LogP contribution < -0.4 is 5.69 Å². The molecule has 3 nitrogen and oxygen atoms in total. The van der Waals surface area contributed by atoms with Crippen molar-refractivity contribution in [3.8, 4) is 11.1 Å². The summed E-state index contributed by atoms with van der Waals surface area (Å²) < 4.78 is 0. The molecule has 90 valence electrons. The molecule has 3 aromatic rings. The number of H-pyrrole nitrogens is 2. The zero-order valence-corrected chi connectivity index (χ0v) is 10.6. The van der Waals surface area contributed by atoms with Crippen molar-refractivity contribution in [2.45, 2.75) is 0 Å². The lowest BCUT2D eigenvalue weighted by molar-refractivity contribution is 1.22. The summed E-state index contributed by atoms with van der Waals surface area (Å²) in [5, 5.41) is 1.24. The Labute approximate surface area is 112 Å². The van der Waals surface area contributed by atoms with E-state index >= 15 is 0 Å². The van der Waals surface area contributed by atoms with Gasteiger partial charge in [-0.25, -0.2) is 4.79 Å². The van der Waals surface area contributed by atoms with Crippen LogP contribution in [0.25, 0.3) is 22.2 Å². The van der Waals surface area contributed by atoms with Crippen LogP contribution in [-0.2, 0) is 0 Å². The highest BCUT2D eigenvalue weighted by Crippen LogP contribution is 2.31. The van der Waals surface area contributed by atoms with E-state index in [0.717, 1.165) is 22.2 Å². The SMILES string of the molecule is O=c1[nH]c2ccc(-c3cc(Cl)ccc3Cl)cc2[nH]1. The van der Waals surface area contributed by atoms with Crippen LogP contribution in [0.3, 0.4) is 0 Å². The van der Waals surface area contributed by atoms with E-state index in [0.29, 0.717) is 10.0 Å². The van der Waals surface area contributed by atoms with Gasteiger partial charge in [0.1, 0.15) is 0 Å². The zero-order valence-electron chi connectivity index (χ0n) is 9.13. The van der Waals surface area contributed by atoms with E-state index in [2.05, 4.69) is 9.97 Å². The Bertz CT molecular complexity index is 789. The molecule has 1 heterocycles. The van der Waals surface area contributed by atoms with Crippen LogP contribution in [0.1, 0.15) is 0 Å². The molecule has 1 aromatic heterocycles. The first kappa shape index (κ1) is 11.4. The van der Waals surface area contributed by atoms with Crippen molar-refractivity contribution in [2.75, 3.05) is 0 Å². The topological polar surface area (TPSA) is 48.6 Å². The highest BCUT2D eigenvalue weighted by atomic mass is 35.5. The smallest absolute Gasteiger partial charge is 0.306 e. The summed E-state index contributed by atoms with van der Waals surface area (Å²) in [6.45, 7) is 0. The molecule has 0 bridgehead atoms. The Morgan fingerprint density at radius 3 is 2.50 bits per heavy atom. The molecule has 2 N–H and O–H groups in total. The molecule has 0 aliphatic carbocycles. The maximum absolute atomic E-state index is 11.2. The lowest BCUT2D eigenvalue weighted by Crippen LogP contribution is -1.99. The zero-order chi connectivity index (χ0) is 12.7. The number of hydrogen-bond acceptors (Lipinski definition) is 1. The van der Waals surface area contributed by atoms with Crippen molar-refractivity contribution < 1.29 is 0 Å². The Morgan fingerprint density at radius 2 is 1.67 bits per heavy atom. The molecular formula is C13H8Cl2N2O. The van der Waals surface area contributed by atoms with E-state index in [4.69, 9.17) is 23.2 Å². The van der Waals surface area contributed by atoms with Gasteiger partial charge in [0.05, 0.1) is 11.0 Å². The second-order valence-corrected chi connectivity index (χ2v) is 4.81. The summed E-state index contributed by atoms with van der Waals surface area (Å²) >= 11 is 12.1. The fourth-order valence-electron chi connectivity index (χ4n) is 1.92. The van der Waals surface area contributed by atoms with Gasteiger partial charge in [0.2, 0.25) is 0 Å². The minimum Gasteiger partial charge on any atom is -0.306 e. The predicted molar refractivity (Wildman–Crippen MR) is 74.4 cm³/mol. The van der Waals surface area contributed by atoms with Crippen LogP contribution in [-0.4, -0.2) is 9.97 Å². The third-order valence-electron chi connectivity index (χ3n) is 2.76. The van der Waals surface area contributed by atoms with Crippen LogP contribution in [0.4, 0.5) is 0 Å². The number of aromatic nitrogens is 2. The Balaban J connectivity index is 2.24. The van der Waals surface area contributed by atoms with E-state index in [9.17, 15) is 4.79 Å². The van der Waals surface area contributed by atoms with E-state index in [-0.39, 0.29) is 5.69 Å². The Hall–Kier alpha value is -1.71. The molecule has 0 radical (unpaired) electrons. The molecule has 0 unspecified atom stereocenters. The van der Waals surface area contributed by atoms with Gasteiger partial charge in [0.25, 0.3) is 0 Å². The summed E-state index contributed by atoms with van der Waals surface area (Å²) in [5.74, 6) is 0. The van der Waals surface area contributed by atoms with E-state index in [1.807, 2.05) is 18.2 Å². The maximum atomic E-state index is 11.2. The highest BCUT2D eigenvalue weighted by Gasteiger charge is 2.06. The van der Waals surface area contributed by atoms with E-state index in [1.165, 1.54) is 0 Å². The van der Waals surface area contributed by atoms with Crippen LogP contribution in [0, 0.1) is 0 Å². The lowest BCUT2D eigenvalue weighted by atomic mass is 10.1. The average molecular weight is 279 g/mol. The first-order valence-corrected chi connectivity index (χ1v) is 6.06. The summed E-state index contributed by atoms with van der Waals surface area (Å²) in [7, 11) is 0. The van der Waals surface area contributed by atoms with Crippen molar-refractivity contribution in [1.29, 1.82) is 0 Å². The number of benzene rings is 2. The minimum absolute atomic E-state index is 0.223. The number of rotatable bonds is 1. The van der Waals surface area contributed by atoms with Gasteiger partial charge in [-0.1, -0.05) is 29.3 Å². The normalized spacial score (nSPS) is 11.0. The molecule has 0 aliphatic heterocycles. The molecule has 18 heavy (non-hydrogen) atoms. The fourth-order valence-corrected chi connectivity index (χ4v) is 2.32. The van der Waals surface area contributed by atoms with Crippen molar-refractivity contribution >= 4 is 34.2 Å². The molecule has 0 atom stereocenters. The summed E-state index contributed by atoms with van der Waals surface area (Å²) in [5.41, 5.74) is 3.04. The number of halogens is 2. The van der Waals surface area contributed by atoms with Gasteiger partial charge in [0.15, 0.2) is 0 Å². The molecule has 0 saturated heterocycles. The second kappa shape index (κ2) is 4.19. The van der Waals surface area contributed by atoms with Gasteiger partial charge in [-0.3, -0.25) is 0 Å². The first-order chi connectivity index (χ1) is 8.63. The van der Waals surface area contributed by atoms with Crippen LogP contribution >= 0.6 is 23.2 Å². The number of fused-ring (bicyclic) bond motifs is 1. The second-order valence-electron chi connectivity index (χ2n) is 3.96. The van der Waals surface area contributed by atoms with Crippen LogP contribution in [0.5, 0.6) is 0 Å². The lowest BCUT2D eigenvalue weighted by Gasteiger charge is -2.05. The van der Waals surface area contributed by atoms with Crippen LogP contribution in [0.2, 0.25) is 10.0 Å². The molecule has 2 aromatic carbocycles. The van der Waals surface area contributed by atoms with Gasteiger partial charge in [-0.15, -0.1) is 0 Å². The maximum Gasteiger partial charge on any atom is 0.323 e. The Morgan fingerprint density at radius 1 is 0.889 bits per heavy atom. The average Bonchev–Trinajstić information content (AvgIpc) is 2.71. The van der Waals surface area contributed by atoms with Crippen molar-refractivity contribution in [3.63, 3.8) is 0 Å². The van der Waals surface area contributed by atoms with Gasteiger partial charge in [0, 0.05) is 15.6 Å². The van der Waals surface area contributed by atoms with Gasteiger partial charge in [-0.2, -0.15) is 0 Å². The molecule has 5 heteroatoms. The van der Waals surface area contributed by atoms with Gasteiger partial charge >= 0.3 is 5.69 Å². The van der Waals surface area contributed by atoms with Gasteiger partial charge < -0.3 is 9.97 Å². The van der Waals surface area contributed by atoms with E-state index < -0.39 is 0 Å². The third-order valence-corrected chi connectivity index (χ3v) is 3.32. The van der Waals surface area contributed by atoms with E-state index in [1.54, 1.807) is 18.2 Å². The molecule has 0 aliphatic rings. The number of imidazole rings is 1. The van der Waals surface area contributed by atoms with Crippen molar-refractivity contribution in [3.05, 3.63) is 56.9 Å². The highest BCUT2D eigenvalue weighted by molar-refractivity contribution is 6.35. The quantitative estimate of drug-likeness (QED) is 0.698. The number of nitrogens with one attached hydrogen (secondary N) is 2. The van der Waals surface area contributed by atoms with Gasteiger partial charge in [-0.05, 0) is 35.9 Å². The molecule has 0 fully saturated rings. The molecular weight excluding hydrogens is 271 g/mol. The van der Waals surface area contributed by atoms with Crippen LogP contribution in [0.15, 0.2) is 41.2 Å². The largest absolute Gasteiger partial charge is 0.323 e. The Kier molecular flexibility index (Phi) is 2.65. The molecule has 0 spiro atoms. The number of hydrogen-bond donors (Lipinski definition) is 2. The summed E-state index contributed by atoms with van der Waals surface area (Å²) in [4.78, 5) is 16.6. The predicted octanol–water partition coefficient (Wildman–Crippen LogP) is 3.83. The van der Waals surface area contributed by atoms with Crippen molar-refractivity contribution in [2.24, 2.45) is 0 Å². The molecule has 3 rings (SSSR count). The number of aromatic amines is 2. The van der Waals surface area contributed by atoms with Crippen molar-refractivity contribution in [1.82, 2.24) is 9.97 Å². The molecule has 0 amide bonds. The summed E-state index contributed by atoms with van der Waals surface area (Å²) in [6, 6.07) is 10.9. The summed E-state index contributed by atoms with van der Waals surface area (Å²) in [6.07, 6.45) is 0. The third kappa shape index (κ3) is 1.92. The minimum atomic E-state index is -0.223.